The molecule has 0 bridgehead atoms. The van der Waals surface area contributed by atoms with Crippen molar-refractivity contribution in [3.05, 3.63) is 24.3 Å². The number of unbranched alkanes of at least 4 members (excludes halogenated alkanes) is 1. The van der Waals surface area contributed by atoms with Crippen molar-refractivity contribution >= 4 is 0 Å². The summed E-state index contributed by atoms with van der Waals surface area (Å²) in [5.41, 5.74) is 12.3. The van der Waals surface area contributed by atoms with Crippen LogP contribution in [0.15, 0.2) is 24.3 Å². The second-order valence-corrected chi connectivity index (χ2v) is 7.39. The smallest absolute Gasteiger partial charge is 0.0102 e. The molecule has 2 heteroatoms. The van der Waals surface area contributed by atoms with Gasteiger partial charge in [0.15, 0.2) is 0 Å². The fourth-order valence-corrected chi connectivity index (χ4v) is 2.92. The van der Waals surface area contributed by atoms with Crippen LogP contribution in [0.2, 0.25) is 0 Å². The lowest BCUT2D eigenvalue weighted by molar-refractivity contribution is 0.305. The second kappa shape index (κ2) is 10.2. The molecule has 2 nitrogen and oxygen atoms in total. The Morgan fingerprint density at radius 3 is 2.24 bits per heavy atom. The van der Waals surface area contributed by atoms with Crippen LogP contribution in [0.5, 0.6) is 0 Å². The minimum absolute atomic E-state index is 0.235. The van der Waals surface area contributed by atoms with E-state index in [-0.39, 0.29) is 5.41 Å². The van der Waals surface area contributed by atoms with E-state index in [9.17, 15) is 0 Å². The molecular weight excluding hydrogens is 256 g/mol. The first-order chi connectivity index (χ1) is 10.0. The van der Waals surface area contributed by atoms with Gasteiger partial charge in [-0.05, 0) is 56.4 Å². The van der Waals surface area contributed by atoms with Crippen molar-refractivity contribution in [2.75, 3.05) is 6.54 Å². The Balaban J connectivity index is 2.08. The van der Waals surface area contributed by atoms with E-state index in [1.54, 1.807) is 0 Å². The van der Waals surface area contributed by atoms with E-state index in [0.717, 1.165) is 38.1 Å². The summed E-state index contributed by atoms with van der Waals surface area (Å²) in [4.78, 5) is 0. The third-order valence-corrected chi connectivity index (χ3v) is 4.72. The Hall–Kier alpha value is -0.600. The molecule has 21 heavy (non-hydrogen) atoms. The van der Waals surface area contributed by atoms with E-state index < -0.39 is 0 Å². The van der Waals surface area contributed by atoms with E-state index in [0.29, 0.717) is 6.04 Å². The van der Waals surface area contributed by atoms with Gasteiger partial charge in [-0.2, -0.15) is 0 Å². The summed E-state index contributed by atoms with van der Waals surface area (Å²) in [6.07, 6.45) is 20.4. The average molecular weight is 293 g/mol. The first kappa shape index (κ1) is 18.4. The molecule has 0 amide bonds. The van der Waals surface area contributed by atoms with Crippen molar-refractivity contribution in [2.45, 2.75) is 77.7 Å². The van der Waals surface area contributed by atoms with Gasteiger partial charge < -0.3 is 11.5 Å². The van der Waals surface area contributed by atoms with E-state index in [4.69, 9.17) is 11.5 Å². The van der Waals surface area contributed by atoms with Crippen molar-refractivity contribution in [1.82, 2.24) is 0 Å². The predicted octanol–water partition coefficient (Wildman–Crippen LogP) is 4.55. The van der Waals surface area contributed by atoms with E-state index in [2.05, 4.69) is 38.2 Å². The molecule has 0 aromatic rings. The fourth-order valence-electron chi connectivity index (χ4n) is 2.92. The molecular formula is C19H36N2. The summed E-state index contributed by atoms with van der Waals surface area (Å²) in [7, 11) is 0. The normalized spacial score (nSPS) is 19.6. The van der Waals surface area contributed by atoms with Crippen LogP contribution in [-0.2, 0) is 0 Å². The summed E-state index contributed by atoms with van der Waals surface area (Å²) in [6.45, 7) is 5.17. The highest BCUT2D eigenvalue weighted by Gasteiger charge is 2.19. The fraction of sp³-hybridized carbons (Fsp3) is 0.789. The minimum atomic E-state index is 0.235. The van der Waals surface area contributed by atoms with Crippen LogP contribution in [0, 0.1) is 11.3 Å². The van der Waals surface area contributed by atoms with Gasteiger partial charge in [0.2, 0.25) is 0 Å². The first-order valence-electron chi connectivity index (χ1n) is 8.81. The lowest BCUT2D eigenvalue weighted by Gasteiger charge is -2.26. The maximum Gasteiger partial charge on any atom is 0.0102 e. The zero-order chi connectivity index (χ0) is 15.6. The molecule has 0 heterocycles. The zero-order valence-electron chi connectivity index (χ0n) is 14.2. The molecule has 1 aliphatic carbocycles. The number of rotatable bonds is 9. The largest absolute Gasteiger partial charge is 0.330 e. The molecule has 1 atom stereocenters. The monoisotopic (exact) mass is 292 g/mol. The van der Waals surface area contributed by atoms with Crippen molar-refractivity contribution in [1.29, 1.82) is 0 Å². The van der Waals surface area contributed by atoms with Gasteiger partial charge in [-0.1, -0.05) is 57.4 Å². The van der Waals surface area contributed by atoms with Crippen LogP contribution < -0.4 is 11.5 Å². The van der Waals surface area contributed by atoms with Gasteiger partial charge in [0.05, 0.1) is 0 Å². The quantitative estimate of drug-likeness (QED) is 0.484. The van der Waals surface area contributed by atoms with Gasteiger partial charge in [0.25, 0.3) is 0 Å². The van der Waals surface area contributed by atoms with E-state index in [1.165, 1.54) is 32.1 Å². The molecule has 1 rings (SSSR count). The predicted molar refractivity (Wildman–Crippen MR) is 94.1 cm³/mol. The van der Waals surface area contributed by atoms with Gasteiger partial charge in [-0.25, -0.2) is 0 Å². The Morgan fingerprint density at radius 1 is 1.00 bits per heavy atom. The van der Waals surface area contributed by atoms with Crippen molar-refractivity contribution in [2.24, 2.45) is 22.8 Å². The van der Waals surface area contributed by atoms with Crippen LogP contribution >= 0.6 is 0 Å². The number of nitrogens with two attached hydrogens (primary N) is 2. The Bertz CT molecular complexity index is 312. The number of hydrogen-bond donors (Lipinski definition) is 2. The van der Waals surface area contributed by atoms with E-state index in [1.807, 2.05) is 0 Å². The summed E-state index contributed by atoms with van der Waals surface area (Å²) in [6, 6.07) is 0.377. The third kappa shape index (κ3) is 8.43. The molecule has 1 saturated carbocycles. The average Bonchev–Trinajstić information content (AvgIpc) is 2.50. The highest BCUT2D eigenvalue weighted by Crippen LogP contribution is 2.26. The van der Waals surface area contributed by atoms with Crippen molar-refractivity contribution in [3.63, 3.8) is 0 Å². The molecule has 0 radical (unpaired) electrons. The Labute approximate surface area is 132 Å². The molecule has 1 unspecified atom stereocenters. The molecule has 0 saturated heterocycles. The van der Waals surface area contributed by atoms with E-state index >= 15 is 0 Å². The molecule has 0 aromatic carbocycles. The SMILES string of the molecule is CC(C)(CN)CC=CCCC=CCC(N)C1CCCCC1. The maximum atomic E-state index is 6.30. The van der Waals surface area contributed by atoms with Crippen molar-refractivity contribution < 1.29 is 0 Å². The van der Waals surface area contributed by atoms with Crippen LogP contribution in [0.3, 0.4) is 0 Å². The molecule has 1 fully saturated rings. The van der Waals surface area contributed by atoms with Gasteiger partial charge in [0, 0.05) is 6.04 Å². The number of hydrogen-bond acceptors (Lipinski definition) is 2. The zero-order valence-corrected chi connectivity index (χ0v) is 14.2. The lowest BCUT2D eigenvalue weighted by Crippen LogP contribution is -2.30. The minimum Gasteiger partial charge on any atom is -0.330 e. The first-order valence-corrected chi connectivity index (χ1v) is 8.81. The second-order valence-electron chi connectivity index (χ2n) is 7.39. The van der Waals surface area contributed by atoms with Gasteiger partial charge in [-0.3, -0.25) is 0 Å². The maximum absolute atomic E-state index is 6.30. The molecule has 0 aromatic heterocycles. The van der Waals surface area contributed by atoms with Crippen LogP contribution in [0.4, 0.5) is 0 Å². The Kier molecular flexibility index (Phi) is 8.94. The van der Waals surface area contributed by atoms with Gasteiger partial charge in [-0.15, -0.1) is 0 Å². The van der Waals surface area contributed by atoms with Crippen LogP contribution in [0.1, 0.15) is 71.6 Å². The lowest BCUT2D eigenvalue weighted by atomic mass is 9.83. The summed E-state index contributed by atoms with van der Waals surface area (Å²) in [5.74, 6) is 0.766. The number of allylic oxidation sites excluding steroid dienone is 3. The molecule has 0 spiro atoms. The standard InChI is InChI=1S/C19H36N2/c1-19(2,16-20)15-11-6-4-3-5-10-14-18(21)17-12-8-7-9-13-17/h5-6,10-11,17-18H,3-4,7-9,12-16,20-21H2,1-2H3. The van der Waals surface area contributed by atoms with Crippen molar-refractivity contribution in [3.8, 4) is 0 Å². The third-order valence-electron chi connectivity index (χ3n) is 4.72. The highest BCUT2D eigenvalue weighted by atomic mass is 14.6. The van der Waals surface area contributed by atoms with Gasteiger partial charge in [0.1, 0.15) is 0 Å². The van der Waals surface area contributed by atoms with Crippen LogP contribution in [-0.4, -0.2) is 12.6 Å². The molecule has 0 aliphatic heterocycles. The molecule has 122 valence electrons. The summed E-state index contributed by atoms with van der Waals surface area (Å²) in [5, 5.41) is 0. The Morgan fingerprint density at radius 2 is 1.62 bits per heavy atom. The summed E-state index contributed by atoms with van der Waals surface area (Å²) >= 11 is 0. The molecule has 1 aliphatic rings. The topological polar surface area (TPSA) is 52.0 Å². The summed E-state index contributed by atoms with van der Waals surface area (Å²) < 4.78 is 0. The molecule has 4 N–H and O–H groups in total. The van der Waals surface area contributed by atoms with Crippen LogP contribution in [0.25, 0.3) is 0 Å². The van der Waals surface area contributed by atoms with Gasteiger partial charge >= 0.3 is 0 Å². The highest BCUT2D eigenvalue weighted by molar-refractivity contribution is 4.93.